The zero-order valence-corrected chi connectivity index (χ0v) is 16.3. The summed E-state index contributed by atoms with van der Waals surface area (Å²) in [6.07, 6.45) is 6.07. The van der Waals surface area contributed by atoms with Crippen LogP contribution in [0.25, 0.3) is 0 Å². The van der Waals surface area contributed by atoms with E-state index < -0.39 is 15.6 Å². The SMILES string of the molecule is CN1C2C=C(B3OC(C)(C)C(C)(C)O3)CC1CC2.O=S(=O)(O)C(F)(F)F. The Kier molecular flexibility index (Phi) is 5.64. The molecule has 0 aromatic heterocycles. The van der Waals surface area contributed by atoms with Crippen LogP contribution in [0.2, 0.25) is 0 Å². The molecule has 2 bridgehead atoms. The first-order chi connectivity index (χ1) is 11.6. The molecule has 2 fully saturated rings. The molecule has 150 valence electrons. The summed E-state index contributed by atoms with van der Waals surface area (Å²) in [6, 6.07) is 1.28. The van der Waals surface area contributed by atoms with Crippen LogP contribution in [0.4, 0.5) is 13.2 Å². The van der Waals surface area contributed by atoms with E-state index in [4.69, 9.17) is 22.3 Å². The minimum Gasteiger partial charge on any atom is -0.400 e. The first-order valence-corrected chi connectivity index (χ1v) is 9.81. The van der Waals surface area contributed by atoms with Crippen LogP contribution in [-0.4, -0.2) is 60.8 Å². The van der Waals surface area contributed by atoms with Gasteiger partial charge < -0.3 is 9.31 Å². The molecular weight excluding hydrogens is 374 g/mol. The standard InChI is InChI=1S/C14H24BNO2.CHF3O3S/c1-13(2)14(3,4)18-15(17-13)10-8-11-6-7-12(9-10)16(11)5;2-1(3,4)8(5,6)7/h8,11-12H,6-7,9H2,1-5H3;(H,5,6,7). The molecule has 0 amide bonds. The third-order valence-electron chi connectivity index (χ3n) is 5.62. The summed E-state index contributed by atoms with van der Waals surface area (Å²) in [7, 11) is -3.74. The van der Waals surface area contributed by atoms with Crippen LogP contribution in [0.15, 0.2) is 11.5 Å². The Morgan fingerprint density at radius 1 is 1.19 bits per heavy atom. The van der Waals surface area contributed by atoms with Gasteiger partial charge in [0.1, 0.15) is 0 Å². The molecule has 2 atom stereocenters. The highest BCUT2D eigenvalue weighted by Crippen LogP contribution is 2.42. The van der Waals surface area contributed by atoms with Gasteiger partial charge in [-0.15, -0.1) is 0 Å². The fraction of sp³-hybridized carbons (Fsp3) is 0.867. The molecular formula is C15H25BF3NO5S. The van der Waals surface area contributed by atoms with Crippen molar-refractivity contribution in [2.75, 3.05) is 7.05 Å². The molecule has 3 aliphatic rings. The quantitative estimate of drug-likeness (QED) is 0.415. The zero-order valence-electron chi connectivity index (χ0n) is 15.5. The number of hydrogen-bond donors (Lipinski definition) is 1. The van der Waals surface area contributed by atoms with E-state index in [9.17, 15) is 13.2 Å². The average molecular weight is 399 g/mol. The highest BCUT2D eigenvalue weighted by Gasteiger charge is 2.53. The van der Waals surface area contributed by atoms with E-state index in [1.54, 1.807) is 0 Å². The molecule has 3 rings (SSSR count). The van der Waals surface area contributed by atoms with Crippen molar-refractivity contribution in [2.24, 2.45) is 0 Å². The maximum atomic E-state index is 10.7. The summed E-state index contributed by atoms with van der Waals surface area (Å²) in [4.78, 5) is 2.49. The number of likely N-dealkylation sites (N-methyl/N-ethyl adjacent to an activating group) is 1. The molecule has 0 saturated carbocycles. The van der Waals surface area contributed by atoms with Crippen LogP contribution in [0, 0.1) is 0 Å². The second-order valence-corrected chi connectivity index (χ2v) is 9.33. The molecule has 0 aliphatic carbocycles. The van der Waals surface area contributed by atoms with Crippen molar-refractivity contribution in [3.63, 3.8) is 0 Å². The molecule has 26 heavy (non-hydrogen) atoms. The van der Waals surface area contributed by atoms with Crippen molar-refractivity contribution in [1.29, 1.82) is 0 Å². The first kappa shape index (κ1) is 21.7. The van der Waals surface area contributed by atoms with Crippen LogP contribution in [0.3, 0.4) is 0 Å². The monoisotopic (exact) mass is 399 g/mol. The van der Waals surface area contributed by atoms with Gasteiger partial charge in [0.05, 0.1) is 11.2 Å². The van der Waals surface area contributed by atoms with Crippen LogP contribution >= 0.6 is 0 Å². The van der Waals surface area contributed by atoms with Crippen molar-refractivity contribution in [3.05, 3.63) is 11.5 Å². The molecule has 3 aliphatic heterocycles. The second-order valence-electron chi connectivity index (χ2n) is 7.92. The molecule has 0 spiro atoms. The molecule has 0 aromatic rings. The van der Waals surface area contributed by atoms with Gasteiger partial charge in [-0.2, -0.15) is 21.6 Å². The summed E-state index contributed by atoms with van der Waals surface area (Å²) in [5.74, 6) is 0. The Morgan fingerprint density at radius 2 is 1.65 bits per heavy atom. The molecule has 11 heteroatoms. The lowest BCUT2D eigenvalue weighted by Crippen LogP contribution is -2.41. The van der Waals surface area contributed by atoms with E-state index >= 15 is 0 Å². The average Bonchev–Trinajstić information content (AvgIpc) is 2.78. The molecule has 6 nitrogen and oxygen atoms in total. The van der Waals surface area contributed by atoms with E-state index in [0.717, 1.165) is 6.42 Å². The van der Waals surface area contributed by atoms with Crippen LogP contribution in [0.1, 0.15) is 47.0 Å². The fourth-order valence-electron chi connectivity index (χ4n) is 3.24. The van der Waals surface area contributed by atoms with Gasteiger partial charge in [-0.1, -0.05) is 6.08 Å². The summed E-state index contributed by atoms with van der Waals surface area (Å²) in [6.45, 7) is 8.49. The van der Waals surface area contributed by atoms with Gasteiger partial charge in [0.25, 0.3) is 0 Å². The summed E-state index contributed by atoms with van der Waals surface area (Å²) >= 11 is 0. The van der Waals surface area contributed by atoms with Crippen molar-refractivity contribution < 1.29 is 35.5 Å². The minimum atomic E-state index is -5.84. The number of hydrogen-bond acceptors (Lipinski definition) is 5. The maximum absolute atomic E-state index is 10.7. The van der Waals surface area contributed by atoms with E-state index in [2.05, 4.69) is 45.7 Å². The minimum absolute atomic E-state index is 0.133. The lowest BCUT2D eigenvalue weighted by atomic mass is 9.73. The van der Waals surface area contributed by atoms with Crippen molar-refractivity contribution in [3.8, 4) is 0 Å². The summed E-state index contributed by atoms with van der Waals surface area (Å²) < 4.78 is 69.9. The van der Waals surface area contributed by atoms with Crippen molar-refractivity contribution >= 4 is 17.2 Å². The lowest BCUT2D eigenvalue weighted by molar-refractivity contribution is -0.0510. The highest BCUT2D eigenvalue weighted by molar-refractivity contribution is 7.86. The predicted octanol–water partition coefficient (Wildman–Crippen LogP) is 2.80. The van der Waals surface area contributed by atoms with Gasteiger partial charge >= 0.3 is 22.7 Å². The Bertz CT molecular complexity index is 661. The van der Waals surface area contributed by atoms with Gasteiger partial charge in [-0.25, -0.2) is 0 Å². The predicted molar refractivity (Wildman–Crippen MR) is 91.0 cm³/mol. The maximum Gasteiger partial charge on any atom is 0.522 e. The largest absolute Gasteiger partial charge is 0.522 e. The molecule has 1 N–H and O–H groups in total. The van der Waals surface area contributed by atoms with Crippen LogP contribution in [-0.2, 0) is 19.4 Å². The molecule has 3 heterocycles. The normalized spacial score (nSPS) is 30.7. The fourth-order valence-corrected chi connectivity index (χ4v) is 3.24. The third kappa shape index (κ3) is 4.27. The Morgan fingerprint density at radius 3 is 2.04 bits per heavy atom. The Hall–Kier alpha value is -0.615. The van der Waals surface area contributed by atoms with Crippen LogP contribution in [0.5, 0.6) is 0 Å². The highest BCUT2D eigenvalue weighted by atomic mass is 32.2. The van der Waals surface area contributed by atoms with Crippen molar-refractivity contribution in [1.82, 2.24) is 4.90 Å². The van der Waals surface area contributed by atoms with Gasteiger partial charge in [-0.3, -0.25) is 9.45 Å². The third-order valence-corrected chi connectivity index (χ3v) is 6.21. The zero-order chi connectivity index (χ0) is 20.1. The summed E-state index contributed by atoms with van der Waals surface area (Å²) in [5, 5.41) is 0. The van der Waals surface area contributed by atoms with E-state index in [0.29, 0.717) is 12.1 Å². The van der Waals surface area contributed by atoms with Gasteiger partial charge in [0.2, 0.25) is 0 Å². The summed E-state index contributed by atoms with van der Waals surface area (Å²) in [5.41, 5.74) is -4.62. The smallest absolute Gasteiger partial charge is 0.400 e. The van der Waals surface area contributed by atoms with Gasteiger partial charge in [-0.05, 0) is 59.5 Å². The number of rotatable bonds is 1. The van der Waals surface area contributed by atoms with E-state index in [1.807, 2.05) is 0 Å². The molecule has 0 radical (unpaired) electrons. The molecule has 2 unspecified atom stereocenters. The van der Waals surface area contributed by atoms with Gasteiger partial charge in [0, 0.05) is 12.1 Å². The van der Waals surface area contributed by atoms with E-state index in [1.165, 1.54) is 18.3 Å². The lowest BCUT2D eigenvalue weighted by Gasteiger charge is -2.32. The van der Waals surface area contributed by atoms with Crippen LogP contribution < -0.4 is 0 Å². The number of nitrogens with zero attached hydrogens (tertiary/aromatic N) is 1. The Labute approximate surface area is 152 Å². The van der Waals surface area contributed by atoms with E-state index in [-0.39, 0.29) is 18.3 Å². The first-order valence-electron chi connectivity index (χ1n) is 8.37. The molecule has 0 aromatic carbocycles. The van der Waals surface area contributed by atoms with Gasteiger partial charge in [0.15, 0.2) is 0 Å². The van der Waals surface area contributed by atoms with Crippen molar-refractivity contribution in [2.45, 2.75) is 75.8 Å². The topological polar surface area (TPSA) is 76.1 Å². The number of fused-ring (bicyclic) bond motifs is 2. The second kappa shape index (κ2) is 6.77. The number of halogens is 3. The molecule has 2 saturated heterocycles. The Balaban J connectivity index is 0.000000260. The number of alkyl halides is 3.